The molecular formula is C13H16ClIN2O2. The smallest absolute Gasteiger partial charge is 0.254 e. The topological polar surface area (TPSA) is 63.4 Å². The van der Waals surface area contributed by atoms with Crippen LogP contribution in [-0.2, 0) is 4.79 Å². The zero-order valence-corrected chi connectivity index (χ0v) is 13.7. The third-order valence-corrected chi connectivity index (χ3v) is 3.96. The van der Waals surface area contributed by atoms with Crippen molar-refractivity contribution in [1.29, 1.82) is 0 Å². The van der Waals surface area contributed by atoms with Gasteiger partial charge in [0.25, 0.3) is 5.91 Å². The van der Waals surface area contributed by atoms with Gasteiger partial charge in [-0.05, 0) is 46.7 Å². The van der Waals surface area contributed by atoms with E-state index >= 15 is 0 Å². The van der Waals surface area contributed by atoms with Gasteiger partial charge in [-0.15, -0.1) is 0 Å². The van der Waals surface area contributed by atoms with Gasteiger partial charge in [0.2, 0.25) is 5.91 Å². The normalized spacial score (nSPS) is 10.6. The molecule has 2 N–H and O–H groups in total. The van der Waals surface area contributed by atoms with Gasteiger partial charge in [-0.25, -0.2) is 0 Å². The minimum Gasteiger partial charge on any atom is -0.368 e. The van der Waals surface area contributed by atoms with Crippen LogP contribution in [0.2, 0.25) is 5.02 Å². The fourth-order valence-electron chi connectivity index (χ4n) is 1.66. The Morgan fingerprint density at radius 3 is 2.53 bits per heavy atom. The average Bonchev–Trinajstić information content (AvgIpc) is 2.29. The van der Waals surface area contributed by atoms with E-state index in [0.717, 1.165) is 3.57 Å². The summed E-state index contributed by atoms with van der Waals surface area (Å²) in [6.45, 7) is 4.34. The number of carbonyl (C=O) groups is 2. The number of carbonyl (C=O) groups excluding carboxylic acids is 2. The molecule has 0 unspecified atom stereocenters. The van der Waals surface area contributed by atoms with E-state index in [1.54, 1.807) is 18.2 Å². The Labute approximate surface area is 131 Å². The van der Waals surface area contributed by atoms with Crippen molar-refractivity contribution in [3.05, 3.63) is 32.4 Å². The zero-order valence-electron chi connectivity index (χ0n) is 10.8. The highest BCUT2D eigenvalue weighted by atomic mass is 127. The molecule has 19 heavy (non-hydrogen) atoms. The van der Waals surface area contributed by atoms with E-state index in [9.17, 15) is 9.59 Å². The summed E-state index contributed by atoms with van der Waals surface area (Å²) in [5.41, 5.74) is 5.64. The lowest BCUT2D eigenvalue weighted by Crippen LogP contribution is -2.40. The molecule has 0 saturated carbocycles. The maximum Gasteiger partial charge on any atom is 0.254 e. The van der Waals surface area contributed by atoms with Gasteiger partial charge >= 0.3 is 0 Å². The molecule has 2 amide bonds. The van der Waals surface area contributed by atoms with Crippen LogP contribution in [0.25, 0.3) is 0 Å². The molecule has 0 bridgehead atoms. The molecule has 0 radical (unpaired) electrons. The lowest BCUT2D eigenvalue weighted by molar-refractivity contribution is -0.118. The van der Waals surface area contributed by atoms with Gasteiger partial charge in [-0.2, -0.15) is 0 Å². The minimum absolute atomic E-state index is 0.0827. The van der Waals surface area contributed by atoms with Crippen molar-refractivity contribution in [3.8, 4) is 0 Å². The SMILES string of the molecule is CC(C)CN(CC(N)=O)C(=O)c1ccc(I)c(Cl)c1. The molecule has 0 aromatic heterocycles. The summed E-state index contributed by atoms with van der Waals surface area (Å²) in [6, 6.07) is 5.08. The first-order valence-corrected chi connectivity index (χ1v) is 7.29. The van der Waals surface area contributed by atoms with Crippen molar-refractivity contribution in [1.82, 2.24) is 4.90 Å². The maximum absolute atomic E-state index is 12.3. The molecule has 0 fully saturated rings. The Kier molecular flexibility index (Phi) is 6.06. The Morgan fingerprint density at radius 2 is 2.05 bits per heavy atom. The Morgan fingerprint density at radius 1 is 1.42 bits per heavy atom. The van der Waals surface area contributed by atoms with E-state index < -0.39 is 5.91 Å². The largest absolute Gasteiger partial charge is 0.368 e. The number of hydrogen-bond donors (Lipinski definition) is 1. The number of rotatable bonds is 5. The summed E-state index contributed by atoms with van der Waals surface area (Å²) in [6.07, 6.45) is 0. The molecular weight excluding hydrogens is 379 g/mol. The van der Waals surface area contributed by atoms with Gasteiger partial charge < -0.3 is 10.6 Å². The Hall–Kier alpha value is -0.820. The van der Waals surface area contributed by atoms with Crippen LogP contribution in [0.15, 0.2) is 18.2 Å². The summed E-state index contributed by atoms with van der Waals surface area (Å²) < 4.78 is 0.876. The van der Waals surface area contributed by atoms with Gasteiger partial charge in [0.15, 0.2) is 0 Å². The van der Waals surface area contributed by atoms with Crippen LogP contribution in [0.4, 0.5) is 0 Å². The molecule has 6 heteroatoms. The van der Waals surface area contributed by atoms with Gasteiger partial charge in [-0.3, -0.25) is 9.59 Å². The molecule has 1 aromatic rings. The summed E-state index contributed by atoms with van der Waals surface area (Å²) in [4.78, 5) is 24.8. The summed E-state index contributed by atoms with van der Waals surface area (Å²) in [5.74, 6) is -0.501. The number of nitrogens with two attached hydrogens (primary N) is 1. The quantitative estimate of drug-likeness (QED) is 0.780. The highest BCUT2D eigenvalue weighted by molar-refractivity contribution is 14.1. The van der Waals surface area contributed by atoms with Crippen molar-refractivity contribution in [2.45, 2.75) is 13.8 Å². The van der Waals surface area contributed by atoms with Crippen molar-refractivity contribution >= 4 is 46.0 Å². The van der Waals surface area contributed by atoms with Gasteiger partial charge in [0.1, 0.15) is 0 Å². The number of halogens is 2. The molecule has 1 aromatic carbocycles. The average molecular weight is 395 g/mol. The standard InChI is InChI=1S/C13H16ClIN2O2/c1-8(2)6-17(7-12(16)18)13(19)9-3-4-11(15)10(14)5-9/h3-5,8H,6-7H2,1-2H3,(H2,16,18). The number of hydrogen-bond acceptors (Lipinski definition) is 2. The summed E-state index contributed by atoms with van der Waals surface area (Å²) >= 11 is 8.09. The lowest BCUT2D eigenvalue weighted by atomic mass is 10.1. The molecule has 0 spiro atoms. The molecule has 0 atom stereocenters. The van der Waals surface area contributed by atoms with E-state index in [4.69, 9.17) is 17.3 Å². The van der Waals surface area contributed by atoms with Crippen LogP contribution in [0.5, 0.6) is 0 Å². The van der Waals surface area contributed by atoms with Crippen molar-refractivity contribution in [2.24, 2.45) is 11.7 Å². The molecule has 0 heterocycles. The highest BCUT2D eigenvalue weighted by Crippen LogP contribution is 2.20. The van der Waals surface area contributed by atoms with Crippen molar-refractivity contribution in [3.63, 3.8) is 0 Å². The molecule has 0 aliphatic carbocycles. The fraction of sp³-hybridized carbons (Fsp3) is 0.385. The van der Waals surface area contributed by atoms with Crippen LogP contribution in [0.3, 0.4) is 0 Å². The first-order chi connectivity index (χ1) is 8.81. The number of primary amides is 1. The van der Waals surface area contributed by atoms with Crippen molar-refractivity contribution < 1.29 is 9.59 Å². The molecule has 4 nitrogen and oxygen atoms in total. The molecule has 104 valence electrons. The van der Waals surface area contributed by atoms with E-state index in [2.05, 4.69) is 22.6 Å². The van der Waals surface area contributed by atoms with Crippen LogP contribution in [0, 0.1) is 9.49 Å². The summed E-state index contributed by atoms with van der Waals surface area (Å²) in [5, 5.41) is 0.523. The van der Waals surface area contributed by atoms with Gasteiger partial charge in [0, 0.05) is 15.7 Å². The fourth-order valence-corrected chi connectivity index (χ4v) is 2.18. The second-order valence-corrected chi connectivity index (χ2v) is 6.24. The van der Waals surface area contributed by atoms with E-state index in [1.165, 1.54) is 4.90 Å². The first kappa shape index (κ1) is 16.2. The summed E-state index contributed by atoms with van der Waals surface area (Å²) in [7, 11) is 0. The predicted molar refractivity (Wildman–Crippen MR) is 84.1 cm³/mol. The second-order valence-electron chi connectivity index (χ2n) is 4.67. The third kappa shape index (κ3) is 4.99. The molecule has 0 aliphatic heterocycles. The van der Waals surface area contributed by atoms with E-state index in [0.29, 0.717) is 17.1 Å². The van der Waals surface area contributed by atoms with Gasteiger partial charge in [0.05, 0.1) is 11.6 Å². The van der Waals surface area contributed by atoms with Crippen LogP contribution < -0.4 is 5.73 Å². The number of nitrogens with zero attached hydrogens (tertiary/aromatic N) is 1. The monoisotopic (exact) mass is 394 g/mol. The number of amides is 2. The lowest BCUT2D eigenvalue weighted by Gasteiger charge is -2.23. The molecule has 0 aliphatic rings. The van der Waals surface area contributed by atoms with Gasteiger partial charge in [-0.1, -0.05) is 25.4 Å². The van der Waals surface area contributed by atoms with E-state index in [1.807, 2.05) is 13.8 Å². The zero-order chi connectivity index (χ0) is 14.6. The van der Waals surface area contributed by atoms with Crippen molar-refractivity contribution in [2.75, 3.05) is 13.1 Å². The van der Waals surface area contributed by atoms with Crippen LogP contribution in [0.1, 0.15) is 24.2 Å². The third-order valence-electron chi connectivity index (χ3n) is 2.39. The number of benzene rings is 1. The predicted octanol–water partition coefficient (Wildman–Crippen LogP) is 2.53. The highest BCUT2D eigenvalue weighted by Gasteiger charge is 2.19. The van der Waals surface area contributed by atoms with Crippen LogP contribution in [-0.4, -0.2) is 29.8 Å². The Balaban J connectivity index is 2.97. The second kappa shape index (κ2) is 7.09. The molecule has 0 saturated heterocycles. The maximum atomic E-state index is 12.3. The molecule has 1 rings (SSSR count). The van der Waals surface area contributed by atoms with E-state index in [-0.39, 0.29) is 18.4 Å². The minimum atomic E-state index is -0.523. The van der Waals surface area contributed by atoms with Crippen LogP contribution >= 0.6 is 34.2 Å². The first-order valence-electron chi connectivity index (χ1n) is 5.84. The Bertz CT molecular complexity index is 492.